The standard InChI is InChI=1S/C26H24N2O3S/c1-18-11-13-22(14-12-18)32-24-23(27-20-9-6-10-21(17-20)31-2)25(29)28(26(24)30)16-15-19-7-4-3-5-8-19/h3-14,17,27H,15-16H2,1-2H3. The molecule has 32 heavy (non-hydrogen) atoms. The quantitative estimate of drug-likeness (QED) is 0.494. The predicted octanol–water partition coefficient (Wildman–Crippen LogP) is 5.03. The van der Waals surface area contributed by atoms with Crippen LogP contribution in [0.3, 0.4) is 0 Å². The lowest BCUT2D eigenvalue weighted by atomic mass is 10.1. The first-order valence-corrected chi connectivity index (χ1v) is 11.2. The van der Waals surface area contributed by atoms with E-state index in [0.29, 0.717) is 35.0 Å². The lowest BCUT2D eigenvalue weighted by molar-refractivity contribution is -0.137. The van der Waals surface area contributed by atoms with Gasteiger partial charge in [-0.1, -0.05) is 65.9 Å². The Labute approximate surface area is 192 Å². The number of ether oxygens (including phenoxy) is 1. The minimum atomic E-state index is -0.316. The van der Waals surface area contributed by atoms with Gasteiger partial charge in [-0.15, -0.1) is 0 Å². The summed E-state index contributed by atoms with van der Waals surface area (Å²) in [6, 6.07) is 25.1. The van der Waals surface area contributed by atoms with Crippen LogP contribution in [-0.2, 0) is 16.0 Å². The molecule has 0 aromatic heterocycles. The Hall–Kier alpha value is -3.51. The topological polar surface area (TPSA) is 58.6 Å². The van der Waals surface area contributed by atoms with Gasteiger partial charge in [0.1, 0.15) is 16.4 Å². The number of aryl methyl sites for hydroxylation is 1. The second kappa shape index (κ2) is 9.75. The van der Waals surface area contributed by atoms with E-state index in [1.54, 1.807) is 13.2 Å². The van der Waals surface area contributed by atoms with Crippen molar-refractivity contribution in [3.63, 3.8) is 0 Å². The van der Waals surface area contributed by atoms with E-state index >= 15 is 0 Å². The van der Waals surface area contributed by atoms with Crippen LogP contribution in [0.25, 0.3) is 0 Å². The van der Waals surface area contributed by atoms with Crippen LogP contribution in [0.2, 0.25) is 0 Å². The summed E-state index contributed by atoms with van der Waals surface area (Å²) in [4.78, 5) is 29.2. The van der Waals surface area contributed by atoms with Crippen molar-refractivity contribution < 1.29 is 14.3 Å². The maximum Gasteiger partial charge on any atom is 0.278 e. The van der Waals surface area contributed by atoms with Crippen LogP contribution >= 0.6 is 11.8 Å². The molecule has 0 saturated heterocycles. The Morgan fingerprint density at radius 1 is 0.906 bits per heavy atom. The monoisotopic (exact) mass is 444 g/mol. The number of thioether (sulfide) groups is 1. The van der Waals surface area contributed by atoms with Crippen molar-refractivity contribution in [2.24, 2.45) is 0 Å². The Balaban J connectivity index is 1.62. The third-order valence-corrected chi connectivity index (χ3v) is 6.26. The zero-order chi connectivity index (χ0) is 22.5. The molecule has 3 aromatic carbocycles. The number of rotatable bonds is 8. The van der Waals surface area contributed by atoms with Crippen LogP contribution in [-0.4, -0.2) is 30.4 Å². The van der Waals surface area contributed by atoms with E-state index < -0.39 is 0 Å². The summed E-state index contributed by atoms with van der Waals surface area (Å²) in [5.74, 6) is 0.0753. The van der Waals surface area contributed by atoms with Gasteiger partial charge in [-0.05, 0) is 43.2 Å². The number of imide groups is 1. The Bertz CT molecular complexity index is 1160. The van der Waals surface area contributed by atoms with Crippen LogP contribution in [0.15, 0.2) is 94.4 Å². The molecular weight excluding hydrogens is 420 g/mol. The number of benzene rings is 3. The maximum absolute atomic E-state index is 13.3. The van der Waals surface area contributed by atoms with Crippen molar-refractivity contribution >= 4 is 29.3 Å². The number of amides is 2. The first-order chi connectivity index (χ1) is 15.5. The lowest BCUT2D eigenvalue weighted by Gasteiger charge is -2.15. The molecule has 0 unspecified atom stereocenters. The van der Waals surface area contributed by atoms with E-state index in [-0.39, 0.29) is 11.8 Å². The third-order valence-electron chi connectivity index (χ3n) is 5.17. The molecule has 5 nitrogen and oxygen atoms in total. The molecule has 1 heterocycles. The van der Waals surface area contributed by atoms with Gasteiger partial charge >= 0.3 is 0 Å². The summed E-state index contributed by atoms with van der Waals surface area (Å²) in [5.41, 5.74) is 3.20. The fraction of sp³-hybridized carbons (Fsp3) is 0.154. The number of carbonyl (C=O) groups excluding carboxylic acids is 2. The number of methoxy groups -OCH3 is 1. The average molecular weight is 445 g/mol. The molecule has 0 atom stereocenters. The molecule has 3 aromatic rings. The Morgan fingerprint density at radius 3 is 2.38 bits per heavy atom. The Kier molecular flexibility index (Phi) is 6.61. The van der Waals surface area contributed by atoms with Gasteiger partial charge in [0.2, 0.25) is 0 Å². The summed E-state index contributed by atoms with van der Waals surface area (Å²) >= 11 is 1.31. The van der Waals surface area contributed by atoms with Gasteiger partial charge in [0, 0.05) is 23.2 Å². The molecule has 1 aliphatic heterocycles. The zero-order valence-corrected chi connectivity index (χ0v) is 18.8. The second-order valence-electron chi connectivity index (χ2n) is 7.47. The fourth-order valence-corrected chi connectivity index (χ4v) is 4.36. The molecule has 162 valence electrons. The van der Waals surface area contributed by atoms with Crippen LogP contribution < -0.4 is 10.1 Å². The van der Waals surface area contributed by atoms with Crippen molar-refractivity contribution in [2.45, 2.75) is 18.2 Å². The van der Waals surface area contributed by atoms with Crippen molar-refractivity contribution in [1.82, 2.24) is 4.90 Å². The van der Waals surface area contributed by atoms with E-state index in [2.05, 4.69) is 5.32 Å². The van der Waals surface area contributed by atoms with Gasteiger partial charge in [-0.3, -0.25) is 14.5 Å². The molecule has 0 radical (unpaired) electrons. The third kappa shape index (κ3) is 4.86. The SMILES string of the molecule is COc1cccc(NC2=C(Sc3ccc(C)cc3)C(=O)N(CCc3ccccc3)C2=O)c1. The molecule has 0 bridgehead atoms. The molecular formula is C26H24N2O3S. The Morgan fingerprint density at radius 2 is 1.66 bits per heavy atom. The molecule has 1 N–H and O–H groups in total. The van der Waals surface area contributed by atoms with Gasteiger partial charge in [0.25, 0.3) is 11.8 Å². The van der Waals surface area contributed by atoms with E-state index in [1.165, 1.54) is 16.7 Å². The van der Waals surface area contributed by atoms with Crippen molar-refractivity contribution in [3.05, 3.63) is 101 Å². The lowest BCUT2D eigenvalue weighted by Crippen LogP contribution is -2.34. The van der Waals surface area contributed by atoms with Crippen molar-refractivity contribution in [1.29, 1.82) is 0 Å². The number of anilines is 1. The van der Waals surface area contributed by atoms with Crippen LogP contribution in [0.5, 0.6) is 5.75 Å². The largest absolute Gasteiger partial charge is 0.497 e. The molecule has 6 heteroatoms. The second-order valence-corrected chi connectivity index (χ2v) is 8.56. The zero-order valence-electron chi connectivity index (χ0n) is 18.0. The number of hydrogen-bond acceptors (Lipinski definition) is 5. The number of carbonyl (C=O) groups is 2. The highest BCUT2D eigenvalue weighted by Crippen LogP contribution is 2.36. The fourth-order valence-electron chi connectivity index (χ4n) is 3.42. The summed E-state index contributed by atoms with van der Waals surface area (Å²) in [7, 11) is 1.59. The molecule has 0 aliphatic carbocycles. The summed E-state index contributed by atoms with van der Waals surface area (Å²) in [6.45, 7) is 2.34. The van der Waals surface area contributed by atoms with E-state index in [1.807, 2.05) is 79.7 Å². The minimum Gasteiger partial charge on any atom is -0.497 e. The van der Waals surface area contributed by atoms with Crippen molar-refractivity contribution in [3.8, 4) is 5.75 Å². The van der Waals surface area contributed by atoms with Gasteiger partial charge in [-0.25, -0.2) is 0 Å². The minimum absolute atomic E-state index is 0.276. The number of nitrogens with zero attached hydrogens (tertiary/aromatic N) is 1. The number of hydrogen-bond donors (Lipinski definition) is 1. The van der Waals surface area contributed by atoms with Gasteiger partial charge in [0.05, 0.1) is 7.11 Å². The van der Waals surface area contributed by atoms with E-state index in [9.17, 15) is 9.59 Å². The van der Waals surface area contributed by atoms with Crippen molar-refractivity contribution in [2.75, 3.05) is 19.0 Å². The highest BCUT2D eigenvalue weighted by molar-refractivity contribution is 8.04. The highest BCUT2D eigenvalue weighted by Gasteiger charge is 2.38. The number of nitrogens with one attached hydrogen (secondary N) is 1. The molecule has 0 fully saturated rings. The molecule has 4 rings (SSSR count). The maximum atomic E-state index is 13.3. The normalized spacial score (nSPS) is 13.6. The average Bonchev–Trinajstić information content (AvgIpc) is 3.03. The molecule has 0 spiro atoms. The van der Waals surface area contributed by atoms with Gasteiger partial charge in [0.15, 0.2) is 0 Å². The summed E-state index contributed by atoms with van der Waals surface area (Å²) in [5, 5.41) is 3.17. The first kappa shape index (κ1) is 21.7. The van der Waals surface area contributed by atoms with E-state index in [4.69, 9.17) is 4.74 Å². The van der Waals surface area contributed by atoms with Crippen LogP contribution in [0, 0.1) is 6.92 Å². The molecule has 2 amide bonds. The van der Waals surface area contributed by atoms with Crippen LogP contribution in [0.4, 0.5) is 5.69 Å². The summed E-state index contributed by atoms with van der Waals surface area (Å²) in [6.07, 6.45) is 0.604. The van der Waals surface area contributed by atoms with Gasteiger partial charge in [-0.2, -0.15) is 0 Å². The molecule has 1 aliphatic rings. The molecule has 0 saturated carbocycles. The summed E-state index contributed by atoms with van der Waals surface area (Å²) < 4.78 is 5.29. The predicted molar refractivity (Wildman–Crippen MR) is 128 cm³/mol. The smallest absolute Gasteiger partial charge is 0.278 e. The van der Waals surface area contributed by atoms with E-state index in [0.717, 1.165) is 16.0 Å². The first-order valence-electron chi connectivity index (χ1n) is 10.3. The van der Waals surface area contributed by atoms with Gasteiger partial charge < -0.3 is 10.1 Å². The highest BCUT2D eigenvalue weighted by atomic mass is 32.2. The van der Waals surface area contributed by atoms with Crippen LogP contribution in [0.1, 0.15) is 11.1 Å².